The summed E-state index contributed by atoms with van der Waals surface area (Å²) >= 11 is 0. The van der Waals surface area contributed by atoms with Crippen LogP contribution in [0.4, 0.5) is 4.39 Å². The highest BCUT2D eigenvalue weighted by Crippen LogP contribution is 2.22. The summed E-state index contributed by atoms with van der Waals surface area (Å²) < 4.78 is 18.3. The van der Waals surface area contributed by atoms with Gasteiger partial charge in [0.2, 0.25) is 0 Å². The smallest absolute Gasteiger partial charge is 0.329 e. The van der Waals surface area contributed by atoms with Gasteiger partial charge in [0.25, 0.3) is 0 Å². The Bertz CT molecular complexity index is 636. The Morgan fingerprint density at radius 1 is 1.05 bits per heavy atom. The molecule has 0 bridgehead atoms. The number of benzene rings is 2. The van der Waals surface area contributed by atoms with Gasteiger partial charge in [-0.05, 0) is 17.5 Å². The van der Waals surface area contributed by atoms with Crippen LogP contribution in [0.5, 0.6) is 0 Å². The number of carbonyl (C=O) groups excluding carboxylic acids is 1. The van der Waals surface area contributed by atoms with Gasteiger partial charge < -0.3 is 9.84 Å². The van der Waals surface area contributed by atoms with Crippen molar-refractivity contribution in [2.75, 3.05) is 13.2 Å². The lowest BCUT2D eigenvalue weighted by atomic mass is 10.0. The Morgan fingerprint density at radius 2 is 1.74 bits per heavy atom. The van der Waals surface area contributed by atoms with E-state index in [0.29, 0.717) is 16.3 Å². The highest BCUT2D eigenvalue weighted by molar-refractivity contribution is 6.08. The number of rotatable bonds is 5. The van der Waals surface area contributed by atoms with E-state index in [1.165, 1.54) is 12.1 Å². The molecule has 0 unspecified atom stereocenters. The van der Waals surface area contributed by atoms with Crippen LogP contribution in [0.25, 0.3) is 10.8 Å². The van der Waals surface area contributed by atoms with E-state index in [0.717, 1.165) is 0 Å². The maximum absolute atomic E-state index is 13.6. The van der Waals surface area contributed by atoms with E-state index in [9.17, 15) is 14.0 Å². The van der Waals surface area contributed by atoms with Crippen molar-refractivity contribution in [2.24, 2.45) is 0 Å². The molecule has 19 heavy (non-hydrogen) atoms. The lowest BCUT2D eigenvalue weighted by Crippen LogP contribution is -2.14. The molecule has 0 amide bonds. The lowest BCUT2D eigenvalue weighted by molar-refractivity contribution is -0.141. The second-order valence-corrected chi connectivity index (χ2v) is 3.95. The van der Waals surface area contributed by atoms with Gasteiger partial charge in [0, 0.05) is 10.9 Å². The zero-order valence-electron chi connectivity index (χ0n) is 9.93. The first kappa shape index (κ1) is 13.2. The zero-order valence-corrected chi connectivity index (χ0v) is 9.93. The summed E-state index contributed by atoms with van der Waals surface area (Å²) in [4.78, 5) is 22.2. The number of halogens is 1. The molecule has 2 aromatic carbocycles. The van der Waals surface area contributed by atoms with Crippen molar-refractivity contribution in [3.05, 3.63) is 47.8 Å². The average molecular weight is 262 g/mol. The van der Waals surface area contributed by atoms with E-state index in [-0.39, 0.29) is 12.4 Å². The van der Waals surface area contributed by atoms with Gasteiger partial charge in [0.15, 0.2) is 5.78 Å². The number of carboxylic acids is 1. The monoisotopic (exact) mass is 262 g/mol. The van der Waals surface area contributed by atoms with Gasteiger partial charge in [-0.3, -0.25) is 4.79 Å². The molecule has 0 heterocycles. The number of hydrogen-bond acceptors (Lipinski definition) is 3. The number of hydrogen-bond donors (Lipinski definition) is 1. The molecule has 0 radical (unpaired) electrons. The first-order valence-corrected chi connectivity index (χ1v) is 5.59. The van der Waals surface area contributed by atoms with Crippen LogP contribution in [0.2, 0.25) is 0 Å². The second-order valence-electron chi connectivity index (χ2n) is 3.95. The third-order valence-electron chi connectivity index (χ3n) is 2.63. The molecule has 2 aromatic rings. The summed E-state index contributed by atoms with van der Waals surface area (Å²) in [6.45, 7) is -0.882. The maximum Gasteiger partial charge on any atom is 0.329 e. The molecule has 1 N–H and O–H groups in total. The average Bonchev–Trinajstić information content (AvgIpc) is 2.39. The minimum absolute atomic E-state index is 0.322. The van der Waals surface area contributed by atoms with E-state index in [1.54, 1.807) is 24.3 Å². The summed E-state index contributed by atoms with van der Waals surface area (Å²) in [5, 5.41) is 9.26. The Labute approximate surface area is 108 Å². The summed E-state index contributed by atoms with van der Waals surface area (Å²) in [6, 6.07) is 9.20. The van der Waals surface area contributed by atoms with Gasteiger partial charge in [0.1, 0.15) is 19.0 Å². The fraction of sp³-hybridized carbons (Fsp3) is 0.143. The number of fused-ring (bicyclic) bond motifs is 1. The largest absolute Gasteiger partial charge is 0.480 e. The quantitative estimate of drug-likeness (QED) is 0.839. The Morgan fingerprint density at radius 3 is 2.42 bits per heavy atom. The minimum atomic E-state index is -1.14. The first-order chi connectivity index (χ1) is 9.09. The molecule has 2 rings (SSSR count). The van der Waals surface area contributed by atoms with E-state index < -0.39 is 18.4 Å². The normalized spacial score (nSPS) is 10.6. The van der Waals surface area contributed by atoms with Crippen molar-refractivity contribution in [1.82, 2.24) is 0 Å². The van der Waals surface area contributed by atoms with E-state index in [2.05, 4.69) is 0 Å². The molecular formula is C14H11FO4. The summed E-state index contributed by atoms with van der Waals surface area (Å²) in [5.41, 5.74) is 0.322. The number of ketones is 1. The standard InChI is InChI=1S/C14H11FO4/c15-12-6-5-11(9-3-1-2-4-10(9)12)13(16)7-19-8-14(17)18/h1-6H,7-8H2,(H,17,18). The molecule has 98 valence electrons. The van der Waals surface area contributed by atoms with Crippen molar-refractivity contribution in [1.29, 1.82) is 0 Å². The molecule has 0 atom stereocenters. The highest BCUT2D eigenvalue weighted by Gasteiger charge is 2.12. The summed E-state index contributed by atoms with van der Waals surface area (Å²) in [6.07, 6.45) is 0. The van der Waals surface area contributed by atoms with Crippen LogP contribution in [-0.2, 0) is 9.53 Å². The third-order valence-corrected chi connectivity index (χ3v) is 2.63. The van der Waals surface area contributed by atoms with Gasteiger partial charge in [0.05, 0.1) is 0 Å². The van der Waals surface area contributed by atoms with E-state index in [4.69, 9.17) is 9.84 Å². The van der Waals surface area contributed by atoms with Crippen molar-refractivity contribution in [3.8, 4) is 0 Å². The van der Waals surface area contributed by atoms with E-state index >= 15 is 0 Å². The van der Waals surface area contributed by atoms with Gasteiger partial charge in [-0.2, -0.15) is 0 Å². The maximum atomic E-state index is 13.6. The van der Waals surface area contributed by atoms with E-state index in [1.807, 2.05) is 0 Å². The van der Waals surface area contributed by atoms with Crippen LogP contribution >= 0.6 is 0 Å². The summed E-state index contributed by atoms with van der Waals surface area (Å²) in [5.74, 6) is -1.92. The number of ether oxygens (including phenoxy) is 1. The first-order valence-electron chi connectivity index (χ1n) is 5.59. The molecule has 0 aromatic heterocycles. The third kappa shape index (κ3) is 2.95. The molecule has 4 nitrogen and oxygen atoms in total. The lowest BCUT2D eigenvalue weighted by Gasteiger charge is -2.06. The van der Waals surface area contributed by atoms with Crippen molar-refractivity contribution < 1.29 is 23.8 Å². The number of carboxylic acid groups (broad SMARTS) is 1. The number of aliphatic carboxylic acids is 1. The van der Waals surface area contributed by atoms with Crippen LogP contribution in [0, 0.1) is 5.82 Å². The fourth-order valence-electron chi connectivity index (χ4n) is 1.81. The van der Waals surface area contributed by atoms with Gasteiger partial charge >= 0.3 is 5.97 Å². The van der Waals surface area contributed by atoms with Crippen LogP contribution in [0.15, 0.2) is 36.4 Å². The van der Waals surface area contributed by atoms with Crippen LogP contribution in [-0.4, -0.2) is 30.1 Å². The van der Waals surface area contributed by atoms with Crippen LogP contribution < -0.4 is 0 Å². The number of carbonyl (C=O) groups is 2. The van der Waals surface area contributed by atoms with Gasteiger partial charge in [-0.1, -0.05) is 24.3 Å². The van der Waals surface area contributed by atoms with Gasteiger partial charge in [-0.25, -0.2) is 9.18 Å². The minimum Gasteiger partial charge on any atom is -0.480 e. The topological polar surface area (TPSA) is 63.6 Å². The Hall–Kier alpha value is -2.27. The predicted octanol–water partition coefficient (Wildman–Crippen LogP) is 2.26. The zero-order chi connectivity index (χ0) is 13.8. The van der Waals surface area contributed by atoms with Crippen molar-refractivity contribution in [3.63, 3.8) is 0 Å². The molecule has 0 saturated carbocycles. The summed E-state index contributed by atoms with van der Waals surface area (Å²) in [7, 11) is 0. The second kappa shape index (κ2) is 5.58. The van der Waals surface area contributed by atoms with Crippen LogP contribution in [0.1, 0.15) is 10.4 Å². The fourth-order valence-corrected chi connectivity index (χ4v) is 1.81. The van der Waals surface area contributed by atoms with Crippen LogP contribution in [0.3, 0.4) is 0 Å². The molecule has 0 aliphatic carbocycles. The molecule has 0 spiro atoms. The molecule has 5 heteroatoms. The predicted molar refractivity (Wildman–Crippen MR) is 66.7 cm³/mol. The molecular weight excluding hydrogens is 251 g/mol. The molecule has 0 fully saturated rings. The Balaban J connectivity index is 2.27. The molecule has 0 aliphatic rings. The Kier molecular flexibility index (Phi) is 3.87. The van der Waals surface area contributed by atoms with Crippen molar-refractivity contribution in [2.45, 2.75) is 0 Å². The number of Topliss-reactive ketones (excluding diaryl/α,β-unsaturated/α-hetero) is 1. The molecule has 0 saturated heterocycles. The highest BCUT2D eigenvalue weighted by atomic mass is 19.1. The SMILES string of the molecule is O=C(O)COCC(=O)c1ccc(F)c2ccccc12. The molecule has 0 aliphatic heterocycles. The van der Waals surface area contributed by atoms with Gasteiger partial charge in [-0.15, -0.1) is 0 Å². The van der Waals surface area contributed by atoms with Crippen molar-refractivity contribution >= 4 is 22.5 Å².